The molecule has 1 aliphatic rings. The number of carbonyl (C=O) groups excluding carboxylic acids is 3. The fraction of sp³-hybridized carbons (Fsp3) is 0.296. The van der Waals surface area contributed by atoms with Gasteiger partial charge < -0.3 is 24.4 Å². The van der Waals surface area contributed by atoms with Gasteiger partial charge in [-0.15, -0.1) is 0 Å². The highest BCUT2D eigenvalue weighted by Crippen LogP contribution is 2.37. The van der Waals surface area contributed by atoms with Gasteiger partial charge in [-0.25, -0.2) is 9.78 Å². The Hall–Kier alpha value is -4.68. The Bertz CT molecular complexity index is 1340. The molecule has 210 valence electrons. The second kappa shape index (κ2) is 12.5. The van der Waals surface area contributed by atoms with E-state index in [2.05, 4.69) is 9.97 Å². The third-order valence-corrected chi connectivity index (χ3v) is 5.92. The van der Waals surface area contributed by atoms with Crippen LogP contribution in [0.4, 0.5) is 29.5 Å². The molecular weight excluding hydrogens is 533 g/mol. The highest BCUT2D eigenvalue weighted by atomic mass is 19.4. The molecule has 1 fully saturated rings. The molecule has 1 aliphatic heterocycles. The zero-order chi connectivity index (χ0) is 28.7. The molecule has 1 aromatic heterocycles. The summed E-state index contributed by atoms with van der Waals surface area (Å²) in [4.78, 5) is 45.8. The molecule has 0 radical (unpaired) electrons. The molecule has 0 bridgehead atoms. The molecule has 4 rings (SSSR count). The Morgan fingerprint density at radius 3 is 2.25 bits per heavy atom. The van der Waals surface area contributed by atoms with Crippen molar-refractivity contribution < 1.29 is 41.8 Å². The van der Waals surface area contributed by atoms with E-state index in [0.29, 0.717) is 24.0 Å². The highest BCUT2D eigenvalue weighted by Gasteiger charge is 2.40. The van der Waals surface area contributed by atoms with Crippen molar-refractivity contribution >= 4 is 29.4 Å². The van der Waals surface area contributed by atoms with E-state index in [0.717, 1.165) is 6.33 Å². The number of alkyl halides is 3. The third-order valence-electron chi connectivity index (χ3n) is 5.92. The molecule has 0 aliphatic carbocycles. The van der Waals surface area contributed by atoms with Crippen molar-refractivity contribution in [2.24, 2.45) is 0 Å². The molecule has 40 heavy (non-hydrogen) atoms. The number of carbonyl (C=O) groups is 3. The summed E-state index contributed by atoms with van der Waals surface area (Å²) in [5.74, 6) is -2.59. The van der Waals surface area contributed by atoms with Gasteiger partial charge in [-0.3, -0.25) is 9.59 Å². The summed E-state index contributed by atoms with van der Waals surface area (Å²) in [6.45, 7) is 2.32. The molecule has 3 aromatic rings. The standard InChI is InChI=1S/C27H25F3N4O6/c1-2-38-26(37)40-20-12-14-34(15-13-20)23-21(33-25(36)27(28,29)30)24(32-16-31-23)39-19-10-8-18(9-11-19)22(35)17-6-4-3-5-7-17/h3-11,16,20H,2,12-15H2,1H3,(H,33,36). The van der Waals surface area contributed by atoms with Gasteiger partial charge in [0.2, 0.25) is 5.88 Å². The number of amides is 1. The Morgan fingerprint density at radius 2 is 1.62 bits per heavy atom. The van der Waals surface area contributed by atoms with E-state index in [9.17, 15) is 27.6 Å². The lowest BCUT2D eigenvalue weighted by molar-refractivity contribution is -0.167. The van der Waals surface area contributed by atoms with Crippen LogP contribution >= 0.6 is 0 Å². The maximum absolute atomic E-state index is 13.2. The largest absolute Gasteiger partial charge is 0.508 e. The second-order valence-corrected chi connectivity index (χ2v) is 8.64. The SMILES string of the molecule is CCOC(=O)OC1CCN(c2ncnc(Oc3ccc(C(=O)c4ccccc4)cc3)c2NC(=O)C(F)(F)F)CC1. The minimum atomic E-state index is -5.18. The van der Waals surface area contributed by atoms with Crippen LogP contribution in [0.2, 0.25) is 0 Å². The van der Waals surface area contributed by atoms with Crippen LogP contribution in [0.5, 0.6) is 11.6 Å². The number of hydrogen-bond donors (Lipinski definition) is 1. The number of piperidine rings is 1. The number of nitrogens with zero attached hydrogens (tertiary/aromatic N) is 3. The Morgan fingerprint density at radius 1 is 0.975 bits per heavy atom. The summed E-state index contributed by atoms with van der Waals surface area (Å²) >= 11 is 0. The number of ketones is 1. The summed E-state index contributed by atoms with van der Waals surface area (Å²) in [6.07, 6.45) is -4.62. The Balaban J connectivity index is 1.55. The molecule has 1 saturated heterocycles. The number of nitrogens with one attached hydrogen (secondary N) is 1. The van der Waals surface area contributed by atoms with E-state index in [-0.39, 0.29) is 48.6 Å². The quantitative estimate of drug-likeness (QED) is 0.296. The lowest BCUT2D eigenvalue weighted by Crippen LogP contribution is -2.39. The molecule has 1 amide bonds. The normalized spacial score (nSPS) is 13.8. The van der Waals surface area contributed by atoms with Crippen molar-refractivity contribution in [3.05, 3.63) is 72.1 Å². The molecule has 10 nitrogen and oxygen atoms in total. The fourth-order valence-electron chi connectivity index (χ4n) is 3.99. The molecule has 0 saturated carbocycles. The monoisotopic (exact) mass is 558 g/mol. The predicted molar refractivity (Wildman–Crippen MR) is 136 cm³/mol. The summed E-state index contributed by atoms with van der Waals surface area (Å²) in [5.41, 5.74) is 0.490. The minimum Gasteiger partial charge on any atom is -0.437 e. The average molecular weight is 559 g/mol. The first-order valence-electron chi connectivity index (χ1n) is 12.3. The van der Waals surface area contributed by atoms with E-state index in [1.807, 2.05) is 5.32 Å². The van der Waals surface area contributed by atoms with Gasteiger partial charge in [-0.05, 0) is 31.2 Å². The molecule has 13 heteroatoms. The number of halogens is 3. The summed E-state index contributed by atoms with van der Waals surface area (Å²) in [5, 5.41) is 1.83. The van der Waals surface area contributed by atoms with Gasteiger partial charge in [-0.2, -0.15) is 18.2 Å². The van der Waals surface area contributed by atoms with Crippen LogP contribution in [-0.2, 0) is 14.3 Å². The summed E-state index contributed by atoms with van der Waals surface area (Å²) in [6, 6.07) is 14.6. The van der Waals surface area contributed by atoms with E-state index in [1.165, 1.54) is 24.3 Å². The molecule has 0 spiro atoms. The Kier molecular flexibility index (Phi) is 8.82. The number of benzene rings is 2. The zero-order valence-electron chi connectivity index (χ0n) is 21.3. The Labute approximate surface area is 227 Å². The van der Waals surface area contributed by atoms with Crippen molar-refractivity contribution in [1.29, 1.82) is 0 Å². The van der Waals surface area contributed by atoms with Crippen molar-refractivity contribution in [1.82, 2.24) is 9.97 Å². The van der Waals surface area contributed by atoms with E-state index < -0.39 is 24.3 Å². The first-order chi connectivity index (χ1) is 19.2. The van der Waals surface area contributed by atoms with Gasteiger partial charge in [0.15, 0.2) is 11.6 Å². The maximum atomic E-state index is 13.2. The van der Waals surface area contributed by atoms with Gasteiger partial charge in [0, 0.05) is 37.1 Å². The number of rotatable bonds is 8. The van der Waals surface area contributed by atoms with Crippen molar-refractivity contribution in [2.75, 3.05) is 29.9 Å². The third kappa shape index (κ3) is 7.04. The van der Waals surface area contributed by atoms with Crippen molar-refractivity contribution in [3.8, 4) is 11.6 Å². The molecular formula is C27H25F3N4O6. The molecule has 2 heterocycles. The molecule has 0 unspecified atom stereocenters. The second-order valence-electron chi connectivity index (χ2n) is 8.64. The van der Waals surface area contributed by atoms with Crippen LogP contribution in [0.3, 0.4) is 0 Å². The predicted octanol–water partition coefficient (Wildman–Crippen LogP) is 5.14. The molecule has 1 N–H and O–H groups in total. The van der Waals surface area contributed by atoms with E-state index in [1.54, 1.807) is 42.2 Å². The highest BCUT2D eigenvalue weighted by molar-refractivity contribution is 6.09. The maximum Gasteiger partial charge on any atom is 0.508 e. The van der Waals surface area contributed by atoms with Gasteiger partial charge in [-0.1, -0.05) is 30.3 Å². The van der Waals surface area contributed by atoms with Crippen LogP contribution in [0.15, 0.2) is 60.9 Å². The lowest BCUT2D eigenvalue weighted by Gasteiger charge is -2.33. The van der Waals surface area contributed by atoms with Crippen molar-refractivity contribution in [2.45, 2.75) is 32.0 Å². The van der Waals surface area contributed by atoms with Crippen LogP contribution in [0.1, 0.15) is 35.7 Å². The zero-order valence-corrected chi connectivity index (χ0v) is 21.3. The smallest absolute Gasteiger partial charge is 0.437 e. The van der Waals surface area contributed by atoms with E-state index >= 15 is 0 Å². The summed E-state index contributed by atoms with van der Waals surface area (Å²) < 4.78 is 55.2. The summed E-state index contributed by atoms with van der Waals surface area (Å²) in [7, 11) is 0. The van der Waals surface area contributed by atoms with Gasteiger partial charge in [0.1, 0.15) is 23.9 Å². The van der Waals surface area contributed by atoms with Crippen LogP contribution in [0, 0.1) is 0 Å². The lowest BCUT2D eigenvalue weighted by atomic mass is 10.0. The number of ether oxygens (including phenoxy) is 3. The number of anilines is 2. The van der Waals surface area contributed by atoms with Crippen LogP contribution in [-0.4, -0.2) is 59.8 Å². The number of hydrogen-bond acceptors (Lipinski definition) is 9. The molecule has 0 atom stereocenters. The van der Waals surface area contributed by atoms with Gasteiger partial charge in [0.25, 0.3) is 0 Å². The van der Waals surface area contributed by atoms with Crippen molar-refractivity contribution in [3.63, 3.8) is 0 Å². The first kappa shape index (κ1) is 28.3. The topological polar surface area (TPSA) is 120 Å². The fourth-order valence-corrected chi connectivity index (χ4v) is 3.99. The molecule has 2 aromatic carbocycles. The number of aromatic nitrogens is 2. The minimum absolute atomic E-state index is 0.00746. The first-order valence-corrected chi connectivity index (χ1v) is 12.3. The van der Waals surface area contributed by atoms with Gasteiger partial charge in [0.05, 0.1) is 6.61 Å². The average Bonchev–Trinajstić information content (AvgIpc) is 2.94. The van der Waals surface area contributed by atoms with Crippen LogP contribution in [0.25, 0.3) is 0 Å². The van der Waals surface area contributed by atoms with Gasteiger partial charge >= 0.3 is 18.2 Å². The van der Waals surface area contributed by atoms with E-state index in [4.69, 9.17) is 14.2 Å². The van der Waals surface area contributed by atoms with Crippen LogP contribution < -0.4 is 15.0 Å².